The molecule has 0 saturated carbocycles. The van der Waals surface area contributed by atoms with Gasteiger partial charge in [-0.15, -0.1) is 0 Å². The summed E-state index contributed by atoms with van der Waals surface area (Å²) in [5.41, 5.74) is 0. The van der Waals surface area contributed by atoms with Gasteiger partial charge in [-0.2, -0.15) is 0 Å². The van der Waals surface area contributed by atoms with Crippen LogP contribution in [0.2, 0.25) is 0 Å². The van der Waals surface area contributed by atoms with Crippen LogP contribution < -0.4 is 0 Å². The van der Waals surface area contributed by atoms with Gasteiger partial charge in [0.15, 0.2) is 0 Å². The van der Waals surface area contributed by atoms with Crippen LogP contribution in [0.1, 0.15) is 53.9 Å². The molecule has 4 nitrogen and oxygen atoms in total. The van der Waals surface area contributed by atoms with Crippen molar-refractivity contribution in [3.8, 4) is 0 Å². The van der Waals surface area contributed by atoms with Crippen molar-refractivity contribution >= 4 is 17.5 Å². The van der Waals surface area contributed by atoms with Crippen LogP contribution in [0, 0.1) is 11.8 Å². The van der Waals surface area contributed by atoms with Crippen LogP contribution in [0.4, 0.5) is 0 Å². The highest BCUT2D eigenvalue weighted by Crippen LogP contribution is 2.21. The van der Waals surface area contributed by atoms with Gasteiger partial charge >= 0.3 is 5.97 Å². The minimum Gasteiger partial charge on any atom is -0.461 e. The van der Waals surface area contributed by atoms with Crippen LogP contribution in [0.25, 0.3) is 0 Å². The number of carbonyl (C=O) groups excluding carboxylic acids is 3. The number of carbonyl (C=O) groups is 3. The van der Waals surface area contributed by atoms with Crippen molar-refractivity contribution in [2.75, 3.05) is 0 Å². The summed E-state index contributed by atoms with van der Waals surface area (Å²) >= 11 is 0. The molecule has 0 aromatic rings. The third-order valence-electron chi connectivity index (χ3n) is 3.25. The molecule has 0 heterocycles. The maximum absolute atomic E-state index is 11.7. The van der Waals surface area contributed by atoms with Crippen molar-refractivity contribution in [1.29, 1.82) is 0 Å². The molecular weight excluding hydrogens is 232 g/mol. The van der Waals surface area contributed by atoms with E-state index in [9.17, 15) is 14.4 Å². The molecule has 0 bridgehead atoms. The van der Waals surface area contributed by atoms with Gasteiger partial charge in [0.25, 0.3) is 0 Å². The summed E-state index contributed by atoms with van der Waals surface area (Å²) in [6, 6.07) is 0. The summed E-state index contributed by atoms with van der Waals surface area (Å²) in [5, 5.41) is 0. The van der Waals surface area contributed by atoms with E-state index in [1.54, 1.807) is 34.6 Å². The van der Waals surface area contributed by atoms with E-state index in [1.165, 1.54) is 0 Å². The molecule has 0 aromatic heterocycles. The molecule has 0 unspecified atom stereocenters. The zero-order chi connectivity index (χ0) is 14.3. The lowest BCUT2D eigenvalue weighted by molar-refractivity contribution is -0.157. The summed E-state index contributed by atoms with van der Waals surface area (Å²) in [7, 11) is 0. The SMILES string of the molecule is CCC(=O)OC([C@H](C)C(=O)CC)[C@H](C)C(=O)CC. The third kappa shape index (κ3) is 4.59. The molecule has 18 heavy (non-hydrogen) atoms. The molecule has 0 aliphatic heterocycles. The summed E-state index contributed by atoms with van der Waals surface area (Å²) < 4.78 is 5.29. The molecular formula is C14H24O4. The summed E-state index contributed by atoms with van der Waals surface area (Å²) in [6.45, 7) is 8.67. The number of hydrogen-bond donors (Lipinski definition) is 0. The maximum atomic E-state index is 11.7. The molecule has 0 fully saturated rings. The lowest BCUT2D eigenvalue weighted by Crippen LogP contribution is -2.38. The van der Waals surface area contributed by atoms with E-state index in [0.717, 1.165) is 0 Å². The lowest BCUT2D eigenvalue weighted by atomic mass is 9.86. The van der Waals surface area contributed by atoms with Crippen LogP contribution in [0.15, 0.2) is 0 Å². The minimum absolute atomic E-state index is 0.0136. The first-order valence-corrected chi connectivity index (χ1v) is 6.63. The Morgan fingerprint density at radius 2 is 1.22 bits per heavy atom. The lowest BCUT2D eigenvalue weighted by Gasteiger charge is -2.27. The highest BCUT2D eigenvalue weighted by molar-refractivity contribution is 5.85. The number of rotatable bonds is 8. The summed E-state index contributed by atoms with van der Waals surface area (Å²) in [4.78, 5) is 34.9. The molecule has 0 aliphatic carbocycles. The average molecular weight is 256 g/mol. The molecule has 0 saturated heterocycles. The van der Waals surface area contributed by atoms with Gasteiger partial charge in [0.2, 0.25) is 0 Å². The average Bonchev–Trinajstić information content (AvgIpc) is 2.40. The largest absolute Gasteiger partial charge is 0.461 e. The Morgan fingerprint density at radius 3 is 1.50 bits per heavy atom. The van der Waals surface area contributed by atoms with Gasteiger partial charge in [-0.25, -0.2) is 0 Å². The first-order chi connectivity index (χ1) is 8.38. The highest BCUT2D eigenvalue weighted by Gasteiger charge is 2.33. The molecule has 4 heteroatoms. The van der Waals surface area contributed by atoms with E-state index in [-0.39, 0.29) is 24.0 Å². The zero-order valence-electron chi connectivity index (χ0n) is 12.0. The Kier molecular flexibility index (Phi) is 7.48. The fourth-order valence-corrected chi connectivity index (χ4v) is 1.88. The van der Waals surface area contributed by atoms with Crippen LogP contribution in [-0.2, 0) is 19.1 Å². The Bertz CT molecular complexity index is 287. The predicted octanol–water partition coefficient (Wildman–Crippen LogP) is 2.54. The van der Waals surface area contributed by atoms with Crippen molar-refractivity contribution in [1.82, 2.24) is 0 Å². The van der Waals surface area contributed by atoms with Gasteiger partial charge in [0, 0.05) is 19.3 Å². The Balaban J connectivity index is 4.97. The second-order valence-electron chi connectivity index (χ2n) is 4.53. The number of Topliss-reactive ketones (excluding diaryl/α,β-unsaturated/α-hetero) is 2. The second kappa shape index (κ2) is 8.01. The van der Waals surface area contributed by atoms with Crippen molar-refractivity contribution in [2.24, 2.45) is 11.8 Å². The molecule has 0 radical (unpaired) electrons. The number of ether oxygens (including phenoxy) is 1. The number of ketones is 2. The molecule has 104 valence electrons. The molecule has 2 atom stereocenters. The van der Waals surface area contributed by atoms with E-state index in [1.807, 2.05) is 0 Å². The minimum atomic E-state index is -0.641. The van der Waals surface area contributed by atoms with Gasteiger partial charge < -0.3 is 4.74 Å². The van der Waals surface area contributed by atoms with Crippen LogP contribution in [0.5, 0.6) is 0 Å². The molecule has 0 N–H and O–H groups in total. The molecule has 0 aromatic carbocycles. The van der Waals surface area contributed by atoms with Crippen LogP contribution >= 0.6 is 0 Å². The highest BCUT2D eigenvalue weighted by atomic mass is 16.5. The van der Waals surface area contributed by atoms with E-state index in [4.69, 9.17) is 4.74 Å². The predicted molar refractivity (Wildman–Crippen MR) is 69.1 cm³/mol. The van der Waals surface area contributed by atoms with Crippen LogP contribution in [-0.4, -0.2) is 23.6 Å². The fourth-order valence-electron chi connectivity index (χ4n) is 1.88. The van der Waals surface area contributed by atoms with Crippen molar-refractivity contribution in [2.45, 2.75) is 60.0 Å². The Labute approximate surface area is 109 Å². The Morgan fingerprint density at radius 1 is 0.833 bits per heavy atom. The van der Waals surface area contributed by atoms with Crippen molar-refractivity contribution in [3.05, 3.63) is 0 Å². The van der Waals surface area contributed by atoms with Gasteiger partial charge in [0.1, 0.15) is 17.7 Å². The van der Waals surface area contributed by atoms with Gasteiger partial charge in [-0.3, -0.25) is 14.4 Å². The standard InChI is InChI=1S/C14H24O4/c1-6-11(15)9(4)14(18-13(17)8-3)10(5)12(16)7-2/h9-10,14H,6-8H2,1-5H3/t9-,10-/m1/s1. The Hall–Kier alpha value is -1.19. The first kappa shape index (κ1) is 16.8. The summed E-state index contributed by atoms with van der Waals surface area (Å²) in [6.07, 6.45) is 0.372. The first-order valence-electron chi connectivity index (χ1n) is 6.63. The van der Waals surface area contributed by atoms with E-state index >= 15 is 0 Å². The monoisotopic (exact) mass is 256 g/mol. The molecule has 0 amide bonds. The van der Waals surface area contributed by atoms with Gasteiger partial charge in [-0.1, -0.05) is 34.6 Å². The quantitative estimate of drug-likeness (QED) is 0.626. The van der Waals surface area contributed by atoms with Crippen molar-refractivity contribution in [3.63, 3.8) is 0 Å². The summed E-state index contributed by atoms with van der Waals surface area (Å²) in [5.74, 6) is -1.21. The fraction of sp³-hybridized carbons (Fsp3) is 0.786. The number of esters is 1. The molecule has 0 spiro atoms. The van der Waals surface area contributed by atoms with Crippen molar-refractivity contribution < 1.29 is 19.1 Å². The maximum Gasteiger partial charge on any atom is 0.305 e. The number of hydrogen-bond acceptors (Lipinski definition) is 4. The van der Waals surface area contributed by atoms with Gasteiger partial charge in [-0.05, 0) is 0 Å². The zero-order valence-corrected chi connectivity index (χ0v) is 12.0. The normalized spacial score (nSPS) is 14.1. The second-order valence-corrected chi connectivity index (χ2v) is 4.53. The van der Waals surface area contributed by atoms with E-state index in [0.29, 0.717) is 12.8 Å². The van der Waals surface area contributed by atoms with E-state index < -0.39 is 17.9 Å². The topological polar surface area (TPSA) is 60.4 Å². The van der Waals surface area contributed by atoms with Gasteiger partial charge in [0.05, 0.1) is 11.8 Å². The smallest absolute Gasteiger partial charge is 0.305 e. The molecule has 0 aliphatic rings. The molecule has 0 rings (SSSR count). The van der Waals surface area contributed by atoms with E-state index in [2.05, 4.69) is 0 Å². The third-order valence-corrected chi connectivity index (χ3v) is 3.25. The van der Waals surface area contributed by atoms with Crippen LogP contribution in [0.3, 0.4) is 0 Å².